The van der Waals surface area contributed by atoms with E-state index in [0.717, 1.165) is 5.56 Å². The van der Waals surface area contributed by atoms with Crippen LogP contribution in [0.5, 0.6) is 5.75 Å². The van der Waals surface area contributed by atoms with Crippen molar-refractivity contribution in [1.29, 1.82) is 0 Å². The summed E-state index contributed by atoms with van der Waals surface area (Å²) in [4.78, 5) is 32.6. The number of hydrogen-bond acceptors (Lipinski definition) is 6. The van der Waals surface area contributed by atoms with Gasteiger partial charge in [-0.3, -0.25) is 14.8 Å². The molecule has 0 unspecified atom stereocenters. The molecular weight excluding hydrogens is 396 g/mol. The maximum absolute atomic E-state index is 12.5. The van der Waals surface area contributed by atoms with Crippen molar-refractivity contribution in [1.82, 2.24) is 15.3 Å². The zero-order valence-corrected chi connectivity index (χ0v) is 18.0. The van der Waals surface area contributed by atoms with Gasteiger partial charge in [-0.2, -0.15) is 0 Å². The lowest BCUT2D eigenvalue weighted by molar-refractivity contribution is 0.0696. The third kappa shape index (κ3) is 4.58. The monoisotopic (exact) mass is 422 g/mol. The maximum Gasteiger partial charge on any atom is 0.339 e. The number of ether oxygens (including phenoxy) is 1. The molecule has 0 saturated heterocycles. The summed E-state index contributed by atoms with van der Waals surface area (Å²) < 4.78 is 6.16. The van der Waals surface area contributed by atoms with Gasteiger partial charge in [0.25, 0.3) is 5.91 Å². The highest BCUT2D eigenvalue weighted by atomic mass is 16.5. The molecule has 4 N–H and O–H groups in total. The summed E-state index contributed by atoms with van der Waals surface area (Å²) in [6.45, 7) is 7.42. The van der Waals surface area contributed by atoms with Crippen molar-refractivity contribution in [3.8, 4) is 5.75 Å². The lowest BCUT2D eigenvalue weighted by Gasteiger charge is -2.27. The summed E-state index contributed by atoms with van der Waals surface area (Å²) >= 11 is 0. The molecule has 0 aliphatic carbocycles. The Morgan fingerprint density at radius 3 is 2.48 bits per heavy atom. The fourth-order valence-corrected chi connectivity index (χ4v) is 3.41. The molecule has 0 spiro atoms. The van der Waals surface area contributed by atoms with Crippen LogP contribution in [0.2, 0.25) is 0 Å². The first-order chi connectivity index (χ1) is 14.6. The molecule has 3 aromatic rings. The van der Waals surface area contributed by atoms with E-state index in [-0.39, 0.29) is 23.8 Å². The third-order valence-electron chi connectivity index (χ3n) is 4.97. The van der Waals surface area contributed by atoms with Crippen LogP contribution in [-0.4, -0.2) is 39.1 Å². The highest BCUT2D eigenvalue weighted by molar-refractivity contribution is 6.07. The van der Waals surface area contributed by atoms with E-state index in [2.05, 4.69) is 15.3 Å². The number of rotatable bonds is 7. The van der Waals surface area contributed by atoms with E-state index in [1.165, 1.54) is 0 Å². The summed E-state index contributed by atoms with van der Waals surface area (Å²) in [7, 11) is 0. The number of fused-ring (bicyclic) bond motifs is 1. The predicted octanol–water partition coefficient (Wildman–Crippen LogP) is 3.37. The first-order valence-corrected chi connectivity index (χ1v) is 9.95. The second kappa shape index (κ2) is 8.59. The SMILES string of the molecule is CCc1ccc2nc(C)c(C(=O)O)c(N)c2c1OCC(C)(C)NC(=O)c1ccncc1. The summed E-state index contributed by atoms with van der Waals surface area (Å²) in [6, 6.07) is 6.97. The second-order valence-electron chi connectivity index (χ2n) is 7.96. The standard InChI is InChI=1S/C23H26N4O4/c1-5-14-6-7-16-18(19(24)17(22(29)30)13(2)26-16)20(14)31-12-23(3,4)27-21(28)15-8-10-25-11-9-15/h6-11H,5,12H2,1-4H3,(H2,24,26)(H,27,28)(H,29,30). The van der Waals surface area contributed by atoms with E-state index >= 15 is 0 Å². The molecule has 0 radical (unpaired) electrons. The van der Waals surface area contributed by atoms with Gasteiger partial charge in [0.05, 0.1) is 27.8 Å². The summed E-state index contributed by atoms with van der Waals surface area (Å²) in [5.74, 6) is -0.893. The number of nitrogens with zero attached hydrogens (tertiary/aromatic N) is 2. The number of hydrogen-bond donors (Lipinski definition) is 3. The molecule has 8 heteroatoms. The third-order valence-corrected chi connectivity index (χ3v) is 4.97. The molecule has 0 fully saturated rings. The number of anilines is 1. The quantitative estimate of drug-likeness (QED) is 0.533. The molecule has 2 aromatic heterocycles. The van der Waals surface area contributed by atoms with Crippen molar-refractivity contribution in [3.05, 3.63) is 59.0 Å². The Bertz CT molecular complexity index is 1140. The predicted molar refractivity (Wildman–Crippen MR) is 119 cm³/mol. The number of aromatic carboxylic acids is 1. The van der Waals surface area contributed by atoms with Crippen molar-refractivity contribution in [2.45, 2.75) is 39.7 Å². The molecule has 0 saturated carbocycles. The van der Waals surface area contributed by atoms with Crippen LogP contribution in [0.1, 0.15) is 52.7 Å². The van der Waals surface area contributed by atoms with Gasteiger partial charge in [0.15, 0.2) is 0 Å². The number of carboxylic acid groups (broad SMARTS) is 1. The van der Waals surface area contributed by atoms with Gasteiger partial charge in [-0.1, -0.05) is 13.0 Å². The first kappa shape index (κ1) is 22.0. The van der Waals surface area contributed by atoms with Crippen LogP contribution in [-0.2, 0) is 6.42 Å². The normalized spacial score (nSPS) is 11.4. The van der Waals surface area contributed by atoms with Gasteiger partial charge >= 0.3 is 5.97 Å². The molecule has 0 atom stereocenters. The zero-order valence-electron chi connectivity index (χ0n) is 18.0. The van der Waals surface area contributed by atoms with Crippen LogP contribution in [0, 0.1) is 6.92 Å². The Morgan fingerprint density at radius 2 is 1.87 bits per heavy atom. The van der Waals surface area contributed by atoms with Crippen LogP contribution in [0.4, 0.5) is 5.69 Å². The molecule has 162 valence electrons. The van der Waals surface area contributed by atoms with E-state index in [9.17, 15) is 14.7 Å². The fraction of sp³-hybridized carbons (Fsp3) is 0.304. The van der Waals surface area contributed by atoms with Crippen molar-refractivity contribution >= 4 is 28.5 Å². The molecule has 3 rings (SSSR count). The minimum atomic E-state index is -1.14. The Morgan fingerprint density at radius 1 is 1.19 bits per heavy atom. The maximum atomic E-state index is 12.5. The van der Waals surface area contributed by atoms with Gasteiger partial charge < -0.3 is 20.9 Å². The van der Waals surface area contributed by atoms with E-state index in [4.69, 9.17) is 10.5 Å². The molecule has 0 bridgehead atoms. The number of nitrogens with one attached hydrogen (secondary N) is 1. The second-order valence-corrected chi connectivity index (χ2v) is 7.96. The Hall–Kier alpha value is -3.68. The minimum absolute atomic E-state index is 0.0316. The molecule has 8 nitrogen and oxygen atoms in total. The Labute approximate surface area is 180 Å². The highest BCUT2D eigenvalue weighted by Gasteiger charge is 2.25. The largest absolute Gasteiger partial charge is 0.490 e. The molecule has 1 aromatic carbocycles. The van der Waals surface area contributed by atoms with E-state index in [1.807, 2.05) is 32.9 Å². The number of amides is 1. The number of carbonyl (C=O) groups excluding carboxylic acids is 1. The van der Waals surface area contributed by atoms with Crippen LogP contribution in [0.15, 0.2) is 36.7 Å². The molecule has 31 heavy (non-hydrogen) atoms. The number of benzene rings is 1. The lowest BCUT2D eigenvalue weighted by Crippen LogP contribution is -2.47. The van der Waals surface area contributed by atoms with E-state index < -0.39 is 11.5 Å². The summed E-state index contributed by atoms with van der Waals surface area (Å²) in [5.41, 5.74) is 7.92. The molecule has 0 aliphatic rings. The Balaban J connectivity index is 1.95. The van der Waals surface area contributed by atoms with E-state index in [1.54, 1.807) is 31.5 Å². The van der Waals surface area contributed by atoms with Crippen molar-refractivity contribution in [2.24, 2.45) is 0 Å². The zero-order chi connectivity index (χ0) is 22.8. The van der Waals surface area contributed by atoms with Gasteiger partial charge in [0.1, 0.15) is 17.9 Å². The number of aryl methyl sites for hydroxylation is 2. The summed E-state index contributed by atoms with van der Waals surface area (Å²) in [5, 5.41) is 13.0. The number of carboxylic acids is 1. The molecule has 2 heterocycles. The molecular formula is C23H26N4O4. The van der Waals surface area contributed by atoms with Gasteiger partial charge in [0, 0.05) is 18.0 Å². The van der Waals surface area contributed by atoms with Crippen LogP contribution < -0.4 is 15.8 Å². The minimum Gasteiger partial charge on any atom is -0.490 e. The molecule has 0 aliphatic heterocycles. The topological polar surface area (TPSA) is 127 Å². The average molecular weight is 422 g/mol. The smallest absolute Gasteiger partial charge is 0.339 e. The number of carbonyl (C=O) groups is 2. The van der Waals surface area contributed by atoms with E-state index in [0.29, 0.717) is 34.3 Å². The van der Waals surface area contributed by atoms with Crippen LogP contribution >= 0.6 is 0 Å². The fourth-order valence-electron chi connectivity index (χ4n) is 3.41. The van der Waals surface area contributed by atoms with Gasteiger partial charge in [0.2, 0.25) is 0 Å². The van der Waals surface area contributed by atoms with Crippen LogP contribution in [0.25, 0.3) is 10.9 Å². The van der Waals surface area contributed by atoms with Crippen molar-refractivity contribution < 1.29 is 19.4 Å². The van der Waals surface area contributed by atoms with Crippen molar-refractivity contribution in [3.63, 3.8) is 0 Å². The van der Waals surface area contributed by atoms with Gasteiger partial charge in [-0.25, -0.2) is 4.79 Å². The number of aromatic nitrogens is 2. The number of nitrogen functional groups attached to an aromatic ring is 1. The summed E-state index contributed by atoms with van der Waals surface area (Å²) in [6.07, 6.45) is 3.77. The van der Waals surface area contributed by atoms with Gasteiger partial charge in [-0.15, -0.1) is 0 Å². The number of pyridine rings is 2. The Kier molecular flexibility index (Phi) is 6.10. The first-order valence-electron chi connectivity index (χ1n) is 9.95. The van der Waals surface area contributed by atoms with Crippen LogP contribution in [0.3, 0.4) is 0 Å². The average Bonchev–Trinajstić information content (AvgIpc) is 2.71. The highest BCUT2D eigenvalue weighted by Crippen LogP contribution is 2.37. The number of nitrogens with two attached hydrogens (primary N) is 1. The lowest BCUT2D eigenvalue weighted by atomic mass is 10.0. The molecule has 1 amide bonds. The van der Waals surface area contributed by atoms with Crippen molar-refractivity contribution in [2.75, 3.05) is 12.3 Å². The van der Waals surface area contributed by atoms with Gasteiger partial charge in [-0.05, 0) is 51.0 Å².